The zero-order chi connectivity index (χ0) is 30.9. The third kappa shape index (κ3) is 4.03. The SMILES string of the molecule is c1ccc(-c2nc(-c3ccc(-c4ccc5c(c4)-c4cccc6cccc-5c46)cc3)nc(-c3cccc4oc5cccnc5c34)n2)cc1. The van der Waals surface area contributed by atoms with Crippen LogP contribution in [0, 0.1) is 0 Å². The molecular formula is C42H24N4O. The van der Waals surface area contributed by atoms with Gasteiger partial charge >= 0.3 is 0 Å². The first-order valence-corrected chi connectivity index (χ1v) is 15.6. The fourth-order valence-corrected chi connectivity index (χ4v) is 6.95. The maximum Gasteiger partial charge on any atom is 0.164 e. The maximum absolute atomic E-state index is 6.13. The van der Waals surface area contributed by atoms with Crippen LogP contribution in [-0.2, 0) is 0 Å². The first kappa shape index (κ1) is 25.8. The number of hydrogen-bond donors (Lipinski definition) is 0. The molecule has 0 atom stereocenters. The highest BCUT2D eigenvalue weighted by molar-refractivity contribution is 6.15. The van der Waals surface area contributed by atoms with Crippen molar-refractivity contribution in [2.45, 2.75) is 0 Å². The summed E-state index contributed by atoms with van der Waals surface area (Å²) in [5.41, 5.74) is 12.4. The molecule has 0 amide bonds. The minimum Gasteiger partial charge on any atom is -0.454 e. The summed E-state index contributed by atoms with van der Waals surface area (Å²) in [6, 6.07) is 48.2. The molecule has 9 aromatic rings. The molecule has 3 aromatic heterocycles. The van der Waals surface area contributed by atoms with Crippen molar-refractivity contribution in [2.75, 3.05) is 0 Å². The lowest BCUT2D eigenvalue weighted by molar-refractivity contribution is 0.668. The van der Waals surface area contributed by atoms with Crippen LogP contribution in [0.2, 0.25) is 0 Å². The minimum absolute atomic E-state index is 0.573. The summed E-state index contributed by atoms with van der Waals surface area (Å²) < 4.78 is 6.13. The predicted octanol–water partition coefficient (Wildman–Crippen LogP) is 10.6. The van der Waals surface area contributed by atoms with Crippen molar-refractivity contribution in [3.63, 3.8) is 0 Å². The molecule has 0 aliphatic heterocycles. The molecule has 3 heterocycles. The monoisotopic (exact) mass is 600 g/mol. The Morgan fingerprint density at radius 1 is 0.383 bits per heavy atom. The van der Waals surface area contributed by atoms with Crippen LogP contribution in [0.4, 0.5) is 0 Å². The van der Waals surface area contributed by atoms with Gasteiger partial charge in [0.25, 0.3) is 0 Å². The van der Waals surface area contributed by atoms with Gasteiger partial charge in [-0.1, -0.05) is 115 Å². The number of benzene rings is 6. The third-order valence-corrected chi connectivity index (χ3v) is 9.14. The van der Waals surface area contributed by atoms with Gasteiger partial charge in [0, 0.05) is 22.9 Å². The summed E-state index contributed by atoms with van der Waals surface area (Å²) in [5.74, 6) is 1.79. The smallest absolute Gasteiger partial charge is 0.164 e. The van der Waals surface area contributed by atoms with Crippen LogP contribution < -0.4 is 0 Å². The summed E-state index contributed by atoms with van der Waals surface area (Å²) in [6.07, 6.45) is 1.78. The highest BCUT2D eigenvalue weighted by Crippen LogP contribution is 2.48. The van der Waals surface area contributed by atoms with Gasteiger partial charge in [-0.15, -0.1) is 0 Å². The number of aromatic nitrogens is 4. The molecular weight excluding hydrogens is 576 g/mol. The summed E-state index contributed by atoms with van der Waals surface area (Å²) in [6.45, 7) is 0. The third-order valence-electron chi connectivity index (χ3n) is 9.14. The van der Waals surface area contributed by atoms with Gasteiger partial charge in [0.2, 0.25) is 0 Å². The zero-order valence-corrected chi connectivity index (χ0v) is 25.1. The van der Waals surface area contributed by atoms with E-state index in [-0.39, 0.29) is 0 Å². The lowest BCUT2D eigenvalue weighted by Crippen LogP contribution is -2.00. The van der Waals surface area contributed by atoms with E-state index in [0.29, 0.717) is 17.5 Å². The molecule has 0 bridgehead atoms. The van der Waals surface area contributed by atoms with Gasteiger partial charge in [-0.2, -0.15) is 0 Å². The molecule has 218 valence electrons. The topological polar surface area (TPSA) is 64.7 Å². The summed E-state index contributed by atoms with van der Waals surface area (Å²) in [7, 11) is 0. The highest BCUT2D eigenvalue weighted by atomic mass is 16.3. The van der Waals surface area contributed by atoms with E-state index < -0.39 is 0 Å². The Morgan fingerprint density at radius 2 is 1.02 bits per heavy atom. The number of fused-ring (bicyclic) bond motifs is 6. The molecule has 0 fully saturated rings. The van der Waals surface area contributed by atoms with Gasteiger partial charge in [-0.05, 0) is 68.4 Å². The van der Waals surface area contributed by atoms with Crippen LogP contribution in [0.5, 0.6) is 0 Å². The first-order chi connectivity index (χ1) is 23.3. The van der Waals surface area contributed by atoms with Gasteiger partial charge in [-0.3, -0.25) is 4.98 Å². The normalized spacial score (nSPS) is 11.8. The zero-order valence-electron chi connectivity index (χ0n) is 25.1. The largest absolute Gasteiger partial charge is 0.454 e. The van der Waals surface area contributed by atoms with Crippen LogP contribution in [-0.4, -0.2) is 19.9 Å². The van der Waals surface area contributed by atoms with E-state index in [4.69, 9.17) is 19.4 Å². The number of nitrogens with zero attached hydrogens (tertiary/aromatic N) is 4. The van der Waals surface area contributed by atoms with Crippen molar-refractivity contribution in [1.82, 2.24) is 19.9 Å². The van der Waals surface area contributed by atoms with Gasteiger partial charge in [0.15, 0.2) is 23.1 Å². The van der Waals surface area contributed by atoms with Crippen molar-refractivity contribution < 1.29 is 4.42 Å². The molecule has 0 saturated heterocycles. The Balaban J connectivity index is 1.09. The van der Waals surface area contributed by atoms with Crippen LogP contribution >= 0.6 is 0 Å². The van der Waals surface area contributed by atoms with E-state index in [1.807, 2.05) is 60.7 Å². The Kier molecular flexibility index (Phi) is 5.51. The number of furan rings is 1. The number of pyridine rings is 1. The quantitative estimate of drug-likeness (QED) is 0.201. The molecule has 0 saturated carbocycles. The van der Waals surface area contributed by atoms with E-state index >= 15 is 0 Å². The van der Waals surface area contributed by atoms with E-state index in [2.05, 4.69) is 83.8 Å². The molecule has 0 unspecified atom stereocenters. The summed E-state index contributed by atoms with van der Waals surface area (Å²) >= 11 is 0. The molecule has 10 rings (SSSR count). The Labute approximate surface area is 269 Å². The number of rotatable bonds is 4. The minimum atomic E-state index is 0.573. The second-order valence-electron chi connectivity index (χ2n) is 11.9. The van der Waals surface area contributed by atoms with Gasteiger partial charge in [0.1, 0.15) is 11.1 Å². The van der Waals surface area contributed by atoms with Crippen molar-refractivity contribution in [3.05, 3.63) is 146 Å². The molecule has 1 aliphatic carbocycles. The van der Waals surface area contributed by atoms with E-state index in [1.165, 1.54) is 38.6 Å². The Hall–Kier alpha value is -6.46. The van der Waals surface area contributed by atoms with E-state index in [0.717, 1.165) is 44.3 Å². The Morgan fingerprint density at radius 3 is 1.83 bits per heavy atom. The molecule has 6 aromatic carbocycles. The summed E-state index contributed by atoms with van der Waals surface area (Å²) in [5, 5.41) is 3.51. The molecule has 0 radical (unpaired) electrons. The van der Waals surface area contributed by atoms with E-state index in [1.54, 1.807) is 6.20 Å². The Bertz CT molecular complexity index is 2670. The van der Waals surface area contributed by atoms with Crippen LogP contribution in [0.1, 0.15) is 0 Å². The average Bonchev–Trinajstić information content (AvgIpc) is 3.69. The first-order valence-electron chi connectivity index (χ1n) is 15.6. The van der Waals surface area contributed by atoms with E-state index in [9.17, 15) is 0 Å². The van der Waals surface area contributed by atoms with Crippen LogP contribution in [0.15, 0.2) is 150 Å². The van der Waals surface area contributed by atoms with Crippen molar-refractivity contribution in [2.24, 2.45) is 0 Å². The van der Waals surface area contributed by atoms with Crippen LogP contribution in [0.25, 0.3) is 100 Å². The molecule has 0 N–H and O–H groups in total. The van der Waals surface area contributed by atoms with Gasteiger partial charge < -0.3 is 4.42 Å². The molecule has 0 spiro atoms. The average molecular weight is 601 g/mol. The van der Waals surface area contributed by atoms with Gasteiger partial charge in [0.05, 0.1) is 5.39 Å². The second-order valence-corrected chi connectivity index (χ2v) is 11.9. The van der Waals surface area contributed by atoms with Crippen molar-refractivity contribution in [3.8, 4) is 67.5 Å². The fraction of sp³-hybridized carbons (Fsp3) is 0. The predicted molar refractivity (Wildman–Crippen MR) is 189 cm³/mol. The molecule has 5 heteroatoms. The lowest BCUT2D eigenvalue weighted by atomic mass is 9.97. The van der Waals surface area contributed by atoms with Gasteiger partial charge in [-0.25, -0.2) is 15.0 Å². The summed E-state index contributed by atoms with van der Waals surface area (Å²) in [4.78, 5) is 19.6. The fourth-order valence-electron chi connectivity index (χ4n) is 6.95. The molecule has 1 aliphatic rings. The highest BCUT2D eigenvalue weighted by Gasteiger charge is 2.22. The van der Waals surface area contributed by atoms with Crippen molar-refractivity contribution >= 4 is 32.8 Å². The second kappa shape index (κ2) is 10.0. The molecule has 47 heavy (non-hydrogen) atoms. The molecule has 5 nitrogen and oxygen atoms in total. The number of hydrogen-bond acceptors (Lipinski definition) is 5. The maximum atomic E-state index is 6.13. The lowest BCUT2D eigenvalue weighted by Gasteiger charge is -2.10. The van der Waals surface area contributed by atoms with Crippen molar-refractivity contribution in [1.29, 1.82) is 0 Å². The standard InChI is InChI=1S/C42H24N4O/c1-2-8-27(9-3-1)40-44-41(46-42(45-40)33-14-6-15-35-38(33)39-36(47-35)16-7-23-43-39)28-19-17-25(18-20-28)29-21-22-30-31-12-4-10-26-11-5-13-32(37(26)31)34(30)24-29/h1-24H. The van der Waals surface area contributed by atoms with Crippen LogP contribution in [0.3, 0.4) is 0 Å².